The second kappa shape index (κ2) is 7.73. The van der Waals surface area contributed by atoms with Crippen molar-refractivity contribution >= 4 is 5.82 Å². The molecule has 1 aliphatic rings. The van der Waals surface area contributed by atoms with E-state index >= 15 is 0 Å². The highest BCUT2D eigenvalue weighted by molar-refractivity contribution is 5.47. The molecule has 0 saturated heterocycles. The molecule has 1 aliphatic heterocycles. The number of benzene rings is 1. The Hall–Kier alpha value is -1.98. The molecule has 0 fully saturated rings. The van der Waals surface area contributed by atoms with Crippen molar-refractivity contribution in [3.8, 4) is 0 Å². The maximum absolute atomic E-state index is 4.51. The van der Waals surface area contributed by atoms with Crippen LogP contribution >= 0.6 is 0 Å². The number of aryl methyl sites for hydroxylation is 1. The SMILES string of the molecule is Cc1ccccc1C(CNc1ncnc2c1CCNCC2)N(C)C. The number of hydrogen-bond donors (Lipinski definition) is 2. The largest absolute Gasteiger partial charge is 0.368 e. The lowest BCUT2D eigenvalue weighted by Gasteiger charge is -2.27. The molecule has 24 heavy (non-hydrogen) atoms. The maximum Gasteiger partial charge on any atom is 0.132 e. The minimum atomic E-state index is 0.306. The van der Waals surface area contributed by atoms with E-state index in [0.29, 0.717) is 6.04 Å². The van der Waals surface area contributed by atoms with E-state index in [-0.39, 0.29) is 0 Å². The lowest BCUT2D eigenvalue weighted by Crippen LogP contribution is -2.28. The van der Waals surface area contributed by atoms with E-state index in [2.05, 4.69) is 70.8 Å². The number of aromatic nitrogens is 2. The van der Waals surface area contributed by atoms with Crippen LogP contribution in [0.3, 0.4) is 0 Å². The smallest absolute Gasteiger partial charge is 0.132 e. The van der Waals surface area contributed by atoms with Gasteiger partial charge in [-0.25, -0.2) is 9.97 Å². The summed E-state index contributed by atoms with van der Waals surface area (Å²) in [7, 11) is 4.26. The first-order valence-corrected chi connectivity index (χ1v) is 8.66. The lowest BCUT2D eigenvalue weighted by atomic mass is 10.0. The molecule has 0 saturated carbocycles. The van der Waals surface area contributed by atoms with Crippen LogP contribution in [0, 0.1) is 6.92 Å². The van der Waals surface area contributed by atoms with Gasteiger partial charge >= 0.3 is 0 Å². The highest BCUT2D eigenvalue weighted by Crippen LogP contribution is 2.24. The molecule has 5 nitrogen and oxygen atoms in total. The number of nitrogens with zero attached hydrogens (tertiary/aromatic N) is 3. The van der Waals surface area contributed by atoms with Gasteiger partial charge < -0.3 is 15.5 Å². The molecule has 3 rings (SSSR count). The Morgan fingerprint density at radius 3 is 2.75 bits per heavy atom. The molecule has 5 heteroatoms. The Kier molecular flexibility index (Phi) is 5.43. The molecule has 1 aromatic heterocycles. The molecule has 1 aromatic carbocycles. The predicted octanol–water partition coefficient (Wildman–Crippen LogP) is 2.19. The zero-order valence-electron chi connectivity index (χ0n) is 14.8. The Labute approximate surface area is 144 Å². The molecule has 2 N–H and O–H groups in total. The summed E-state index contributed by atoms with van der Waals surface area (Å²) in [4.78, 5) is 11.2. The Morgan fingerprint density at radius 1 is 1.17 bits per heavy atom. The number of anilines is 1. The summed E-state index contributed by atoms with van der Waals surface area (Å²) >= 11 is 0. The normalized spacial score (nSPS) is 15.7. The number of hydrogen-bond acceptors (Lipinski definition) is 5. The van der Waals surface area contributed by atoms with Gasteiger partial charge in [0.25, 0.3) is 0 Å². The molecule has 2 aromatic rings. The average molecular weight is 325 g/mol. The standard InChI is InChI=1S/C19H27N5/c1-14-6-4-5-7-15(14)18(24(2)3)12-21-19-16-8-10-20-11-9-17(16)22-13-23-19/h4-7,13,18,20H,8-12H2,1-3H3,(H,21,22,23). The fourth-order valence-electron chi connectivity index (χ4n) is 3.35. The number of rotatable bonds is 5. The van der Waals surface area contributed by atoms with Crippen LogP contribution in [0.5, 0.6) is 0 Å². The van der Waals surface area contributed by atoms with Crippen molar-refractivity contribution in [3.05, 3.63) is 53.0 Å². The van der Waals surface area contributed by atoms with Gasteiger partial charge in [-0.2, -0.15) is 0 Å². The number of nitrogens with one attached hydrogen (secondary N) is 2. The van der Waals surface area contributed by atoms with Crippen molar-refractivity contribution in [2.75, 3.05) is 39.0 Å². The van der Waals surface area contributed by atoms with Crippen molar-refractivity contribution in [1.29, 1.82) is 0 Å². The molecule has 0 radical (unpaired) electrons. The molecule has 0 amide bonds. The third-order valence-electron chi connectivity index (χ3n) is 4.76. The fourth-order valence-corrected chi connectivity index (χ4v) is 3.35. The van der Waals surface area contributed by atoms with E-state index in [1.165, 1.54) is 22.4 Å². The summed E-state index contributed by atoms with van der Waals surface area (Å²) in [5.74, 6) is 0.990. The lowest BCUT2D eigenvalue weighted by molar-refractivity contribution is 0.310. The summed E-state index contributed by atoms with van der Waals surface area (Å²) in [6, 6.07) is 8.90. The van der Waals surface area contributed by atoms with Crippen LogP contribution in [-0.2, 0) is 12.8 Å². The molecule has 0 aliphatic carbocycles. The predicted molar refractivity (Wildman–Crippen MR) is 98.4 cm³/mol. The third-order valence-corrected chi connectivity index (χ3v) is 4.76. The Balaban J connectivity index is 1.80. The summed E-state index contributed by atoms with van der Waals surface area (Å²) in [6.07, 6.45) is 3.64. The van der Waals surface area contributed by atoms with Gasteiger partial charge in [-0.1, -0.05) is 24.3 Å². The molecule has 1 unspecified atom stereocenters. The van der Waals surface area contributed by atoms with Crippen LogP contribution in [-0.4, -0.2) is 48.6 Å². The van der Waals surface area contributed by atoms with Crippen LogP contribution in [0.1, 0.15) is 28.4 Å². The van der Waals surface area contributed by atoms with E-state index in [4.69, 9.17) is 0 Å². The molecule has 128 valence electrons. The first-order chi connectivity index (χ1) is 11.7. The Morgan fingerprint density at radius 2 is 1.96 bits per heavy atom. The van der Waals surface area contributed by atoms with Gasteiger partial charge in [0.05, 0.1) is 11.7 Å². The third kappa shape index (κ3) is 3.74. The van der Waals surface area contributed by atoms with Crippen molar-refractivity contribution in [3.63, 3.8) is 0 Å². The maximum atomic E-state index is 4.51. The van der Waals surface area contributed by atoms with E-state index in [0.717, 1.165) is 38.3 Å². The van der Waals surface area contributed by atoms with E-state index in [1.54, 1.807) is 6.33 Å². The molecule has 2 heterocycles. The summed E-state index contributed by atoms with van der Waals surface area (Å²) < 4.78 is 0. The van der Waals surface area contributed by atoms with Crippen LogP contribution in [0.4, 0.5) is 5.82 Å². The van der Waals surface area contributed by atoms with Crippen molar-refractivity contribution in [2.24, 2.45) is 0 Å². The van der Waals surface area contributed by atoms with Crippen LogP contribution in [0.2, 0.25) is 0 Å². The van der Waals surface area contributed by atoms with Gasteiger partial charge in [0.1, 0.15) is 12.1 Å². The van der Waals surface area contributed by atoms with Gasteiger partial charge in [0.15, 0.2) is 0 Å². The van der Waals surface area contributed by atoms with Crippen LogP contribution in [0.25, 0.3) is 0 Å². The molecular weight excluding hydrogens is 298 g/mol. The molecule has 0 spiro atoms. The van der Waals surface area contributed by atoms with Gasteiger partial charge in [-0.15, -0.1) is 0 Å². The zero-order valence-corrected chi connectivity index (χ0v) is 14.8. The van der Waals surface area contributed by atoms with E-state index < -0.39 is 0 Å². The van der Waals surface area contributed by atoms with Gasteiger partial charge in [0, 0.05) is 25.1 Å². The summed E-state index contributed by atoms with van der Waals surface area (Å²) in [5, 5.41) is 7.02. The average Bonchev–Trinajstić information content (AvgIpc) is 2.82. The summed E-state index contributed by atoms with van der Waals surface area (Å²) in [5.41, 5.74) is 5.13. The molecule has 0 bridgehead atoms. The number of likely N-dealkylation sites (N-methyl/N-ethyl adjacent to an activating group) is 1. The highest BCUT2D eigenvalue weighted by Gasteiger charge is 2.18. The van der Waals surface area contributed by atoms with Crippen molar-refractivity contribution in [2.45, 2.75) is 25.8 Å². The second-order valence-corrected chi connectivity index (χ2v) is 6.61. The fraction of sp³-hybridized carbons (Fsp3) is 0.474. The zero-order chi connectivity index (χ0) is 16.9. The first kappa shape index (κ1) is 16.9. The van der Waals surface area contributed by atoms with E-state index in [9.17, 15) is 0 Å². The first-order valence-electron chi connectivity index (χ1n) is 8.66. The quantitative estimate of drug-likeness (QED) is 0.882. The minimum Gasteiger partial charge on any atom is -0.368 e. The van der Waals surface area contributed by atoms with Crippen LogP contribution < -0.4 is 10.6 Å². The topological polar surface area (TPSA) is 53.1 Å². The van der Waals surface area contributed by atoms with Crippen molar-refractivity contribution in [1.82, 2.24) is 20.2 Å². The Bertz CT molecular complexity index is 683. The number of fused-ring (bicyclic) bond motifs is 1. The van der Waals surface area contributed by atoms with E-state index in [1.807, 2.05) is 0 Å². The van der Waals surface area contributed by atoms with Gasteiger partial charge in [0.2, 0.25) is 0 Å². The molecule has 1 atom stereocenters. The highest BCUT2D eigenvalue weighted by atomic mass is 15.1. The van der Waals surface area contributed by atoms with Gasteiger partial charge in [-0.05, 0) is 45.1 Å². The molecular formula is C19H27N5. The summed E-state index contributed by atoms with van der Waals surface area (Å²) in [6.45, 7) is 4.99. The van der Waals surface area contributed by atoms with Gasteiger partial charge in [-0.3, -0.25) is 0 Å². The van der Waals surface area contributed by atoms with Crippen LogP contribution in [0.15, 0.2) is 30.6 Å². The second-order valence-electron chi connectivity index (χ2n) is 6.61. The van der Waals surface area contributed by atoms with Crippen molar-refractivity contribution < 1.29 is 0 Å². The monoisotopic (exact) mass is 325 g/mol. The minimum absolute atomic E-state index is 0.306.